The molecule has 25 aromatic rings. The average Bonchev–Trinajstić information content (AvgIpc) is 1.05. The number of rotatable bonds is 12. The average molecular weight is 1620 g/mol. The van der Waals surface area contributed by atoms with Crippen LogP contribution in [-0.2, 0) is 0 Å². The molecule has 0 aliphatic carbocycles. The Bertz CT molecular complexity index is 8440. The van der Waals surface area contributed by atoms with E-state index in [1.807, 2.05) is 285 Å². The van der Waals surface area contributed by atoms with Crippen LogP contribution in [0.5, 0.6) is 0 Å². The fraction of sp³-hybridized carbons (Fsp3) is 0. The highest BCUT2D eigenvalue weighted by Gasteiger charge is 2.23. The largest absolute Gasteiger partial charge is 0.455 e. The molecule has 16 heteroatoms. The van der Waals surface area contributed by atoms with Crippen molar-refractivity contribution in [1.29, 1.82) is 0 Å². The van der Waals surface area contributed by atoms with Gasteiger partial charge < -0.3 is 17.7 Å². The van der Waals surface area contributed by atoms with Crippen LogP contribution in [0.2, 0.25) is 0 Å². The number of oxazole rings is 3. The number of fused-ring (bicyclic) bond motifs is 12. The lowest BCUT2D eigenvalue weighted by Crippen LogP contribution is -2.00. The molecule has 0 bridgehead atoms. The molecule has 0 fully saturated rings. The lowest BCUT2D eigenvalue weighted by Gasteiger charge is -2.13. The summed E-state index contributed by atoms with van der Waals surface area (Å²) < 4.78 is 24.5. The summed E-state index contributed by atoms with van der Waals surface area (Å²) in [6.45, 7) is 0. The zero-order valence-corrected chi connectivity index (χ0v) is 67.1. The summed E-state index contributed by atoms with van der Waals surface area (Å²) in [5, 5.41) is 9.77. The van der Waals surface area contributed by atoms with E-state index < -0.39 is 0 Å². The van der Waals surface area contributed by atoms with Gasteiger partial charge in [0.1, 0.15) is 27.7 Å². The molecule has 8 heterocycles. The number of aromatic nitrogens is 12. The summed E-state index contributed by atoms with van der Waals surface area (Å²) in [6.07, 6.45) is 0. The Hall–Kier alpha value is -17.5. The molecule has 0 saturated heterocycles. The van der Waals surface area contributed by atoms with Crippen molar-refractivity contribution in [2.75, 3.05) is 0 Å². The summed E-state index contributed by atoms with van der Waals surface area (Å²) in [5.41, 5.74) is 22.4. The van der Waals surface area contributed by atoms with Crippen molar-refractivity contribution < 1.29 is 17.7 Å². The van der Waals surface area contributed by atoms with E-state index in [1.54, 1.807) is 0 Å². The van der Waals surface area contributed by atoms with Gasteiger partial charge in [-0.3, -0.25) is 0 Å². The van der Waals surface area contributed by atoms with Crippen LogP contribution < -0.4 is 0 Å². The lowest BCUT2D eigenvalue weighted by atomic mass is 9.96. The minimum absolute atomic E-state index is 0.578. The summed E-state index contributed by atoms with van der Waals surface area (Å²) in [7, 11) is 0. The molecule has 0 unspecified atom stereocenters. The Morgan fingerprint density at radius 3 is 0.992 bits per heavy atom. The number of benzene rings is 17. The van der Waals surface area contributed by atoms with E-state index in [1.165, 1.54) is 16.2 Å². The standard InChI is InChI=1S/C42H26N6O.C35H21N3O.C33H19N3O2/c1-4-13-27(14-5-1)38-46-39(28-15-6-2-7-16-28)48-41(47-38)31-20-12-19-30(25-31)37-33-21-10-11-22-34(33)43-40(45-37)32-23-24-36-35(26-32)44-42(49-36)29-17-8-3-9-18-29;1-2-10-22(11-3-1)35-37-31-21-24(18-19-32(31)39-35)33-28-16-8-9-17-30(28)36-34(38-33)29-20-23-12-4-5-13-25(23)26-14-6-7-15-27(26)29;1-2-9-20(10-3-1)33-35-27-19-21(17-18-29(27)38-33)30-24-12-4-6-15-26(24)34-32(36-30)25-14-8-13-23-22-11-5-7-16-28(22)37-31(23)25/h1-26H;1-21H;1-19H. The molecule has 0 atom stereocenters. The van der Waals surface area contributed by atoms with Crippen LogP contribution >= 0.6 is 0 Å². The van der Waals surface area contributed by atoms with Crippen molar-refractivity contribution in [3.8, 4) is 136 Å². The Balaban J connectivity index is 0.000000110. The number of nitrogens with zero attached hydrogens (tertiary/aromatic N) is 12. The molecule has 126 heavy (non-hydrogen) atoms. The van der Waals surface area contributed by atoms with E-state index in [9.17, 15) is 0 Å². The van der Waals surface area contributed by atoms with Crippen LogP contribution in [0.4, 0.5) is 0 Å². The third-order valence-electron chi connectivity index (χ3n) is 22.6. The monoisotopic (exact) mass is 1620 g/mol. The second-order valence-electron chi connectivity index (χ2n) is 30.5. The Morgan fingerprint density at radius 2 is 0.484 bits per heavy atom. The predicted octanol–water partition coefficient (Wildman–Crippen LogP) is 27.7. The topological polar surface area (TPSA) is 207 Å². The van der Waals surface area contributed by atoms with Crippen LogP contribution in [0, 0.1) is 0 Å². The summed E-state index contributed by atoms with van der Waals surface area (Å²) in [6, 6.07) is 134. The van der Waals surface area contributed by atoms with Crippen LogP contribution in [-0.4, -0.2) is 59.8 Å². The Kier molecular flexibility index (Phi) is 18.5. The number of hydrogen-bond donors (Lipinski definition) is 0. The van der Waals surface area contributed by atoms with Gasteiger partial charge in [0.05, 0.1) is 39.2 Å². The SMILES string of the molecule is c1ccc(-c2nc(-c3ccccc3)nc(-c3cccc(-c4nc(-c5ccc6oc(-c7ccccc7)nc6c5)nc5ccccc45)c3)n2)cc1.c1ccc(-c2nc3cc(-c4nc(-c5cc6ccccc6c6ccccc56)nc5ccccc45)ccc3o2)cc1.c1ccc(-c2nc3cc(-c4nc(-c5cccc6c5oc5ccccc56)nc5ccccc45)ccc3o2)cc1. The molecule has 0 amide bonds. The first-order chi connectivity index (χ1) is 62.4. The fourth-order valence-electron chi connectivity index (χ4n) is 16.5. The summed E-state index contributed by atoms with van der Waals surface area (Å²) in [4.78, 5) is 59.5. The van der Waals surface area contributed by atoms with E-state index in [4.69, 9.17) is 77.5 Å². The first kappa shape index (κ1) is 73.6. The van der Waals surface area contributed by atoms with E-state index in [2.05, 4.69) is 115 Å². The quantitative estimate of drug-likeness (QED) is 0.104. The summed E-state index contributed by atoms with van der Waals surface area (Å²) in [5.74, 6) is 5.52. The van der Waals surface area contributed by atoms with Crippen LogP contribution in [0.15, 0.2) is 418 Å². The normalized spacial score (nSPS) is 11.5. The van der Waals surface area contributed by atoms with Crippen molar-refractivity contribution in [2.24, 2.45) is 0 Å². The van der Waals surface area contributed by atoms with Gasteiger partial charge in [-0.2, -0.15) is 0 Å². The highest BCUT2D eigenvalue weighted by atomic mass is 16.4. The second kappa shape index (κ2) is 31.6. The van der Waals surface area contributed by atoms with Crippen molar-refractivity contribution in [3.63, 3.8) is 0 Å². The third kappa shape index (κ3) is 14.0. The lowest BCUT2D eigenvalue weighted by molar-refractivity contribution is 0.619. The van der Waals surface area contributed by atoms with Gasteiger partial charge in [0.25, 0.3) is 0 Å². The molecular formula is C110H66N12O4. The van der Waals surface area contributed by atoms with E-state index in [-0.39, 0.29) is 0 Å². The van der Waals surface area contributed by atoms with E-state index in [0.29, 0.717) is 58.2 Å². The van der Waals surface area contributed by atoms with Gasteiger partial charge >= 0.3 is 0 Å². The molecule has 25 rings (SSSR count). The van der Waals surface area contributed by atoms with Gasteiger partial charge in [-0.05, 0) is 155 Å². The van der Waals surface area contributed by atoms with Crippen LogP contribution in [0.1, 0.15) is 0 Å². The zero-order valence-electron chi connectivity index (χ0n) is 67.1. The van der Waals surface area contributed by atoms with Crippen molar-refractivity contribution >= 4 is 109 Å². The Labute approximate surface area is 719 Å². The third-order valence-corrected chi connectivity index (χ3v) is 22.6. The minimum atomic E-state index is 0.578. The van der Waals surface area contributed by atoms with E-state index in [0.717, 1.165) is 172 Å². The van der Waals surface area contributed by atoms with Gasteiger partial charge in [-0.15, -0.1) is 0 Å². The minimum Gasteiger partial charge on any atom is -0.455 e. The zero-order chi connectivity index (χ0) is 83.4. The molecule has 17 aromatic carbocycles. The molecule has 0 aliphatic heterocycles. The van der Waals surface area contributed by atoms with Gasteiger partial charge in [0.15, 0.2) is 51.7 Å². The van der Waals surface area contributed by atoms with Crippen LogP contribution in [0.3, 0.4) is 0 Å². The molecule has 0 N–H and O–H groups in total. The Morgan fingerprint density at radius 1 is 0.151 bits per heavy atom. The molecule has 16 nitrogen and oxygen atoms in total. The predicted molar refractivity (Wildman–Crippen MR) is 502 cm³/mol. The van der Waals surface area contributed by atoms with Gasteiger partial charge in [-0.1, -0.05) is 267 Å². The first-order valence-corrected chi connectivity index (χ1v) is 41.4. The molecule has 0 radical (unpaired) electrons. The van der Waals surface area contributed by atoms with Gasteiger partial charge in [0.2, 0.25) is 17.7 Å². The van der Waals surface area contributed by atoms with Gasteiger partial charge in [0, 0.05) is 88.1 Å². The maximum Gasteiger partial charge on any atom is 0.227 e. The number of para-hydroxylation sites is 5. The van der Waals surface area contributed by atoms with Crippen LogP contribution in [0.25, 0.3) is 246 Å². The van der Waals surface area contributed by atoms with Crippen molar-refractivity contribution in [1.82, 2.24) is 59.8 Å². The highest BCUT2D eigenvalue weighted by Crippen LogP contribution is 2.42. The molecule has 0 spiro atoms. The molecular weight excluding hydrogens is 1550 g/mol. The fourth-order valence-corrected chi connectivity index (χ4v) is 16.5. The second-order valence-corrected chi connectivity index (χ2v) is 30.5. The molecule has 0 aliphatic rings. The maximum atomic E-state index is 6.30. The van der Waals surface area contributed by atoms with E-state index >= 15 is 0 Å². The molecule has 8 aromatic heterocycles. The van der Waals surface area contributed by atoms with Crippen molar-refractivity contribution in [2.45, 2.75) is 0 Å². The number of furan rings is 1. The smallest absolute Gasteiger partial charge is 0.227 e. The molecule has 0 saturated carbocycles. The molecule has 590 valence electrons. The number of hydrogen-bond acceptors (Lipinski definition) is 16. The highest BCUT2D eigenvalue weighted by molar-refractivity contribution is 6.14. The van der Waals surface area contributed by atoms with Gasteiger partial charge in [-0.25, -0.2) is 59.8 Å². The maximum absolute atomic E-state index is 6.30. The first-order valence-electron chi connectivity index (χ1n) is 41.4. The van der Waals surface area contributed by atoms with Crippen molar-refractivity contribution in [3.05, 3.63) is 400 Å². The summed E-state index contributed by atoms with van der Waals surface area (Å²) >= 11 is 0.